The van der Waals surface area contributed by atoms with Crippen molar-refractivity contribution in [3.8, 4) is 0 Å². The smallest absolute Gasteiger partial charge is 0.109 e. The summed E-state index contributed by atoms with van der Waals surface area (Å²) in [4.78, 5) is 7.04. The molecule has 0 aliphatic carbocycles. The molecule has 3 atom stereocenters. The van der Waals surface area contributed by atoms with Crippen LogP contribution in [0.3, 0.4) is 0 Å². The van der Waals surface area contributed by atoms with E-state index in [0.717, 1.165) is 12.3 Å². The van der Waals surface area contributed by atoms with Crippen molar-refractivity contribution in [2.75, 3.05) is 19.6 Å². The number of nitrogens with zero attached hydrogens (tertiary/aromatic N) is 2. The van der Waals surface area contributed by atoms with Crippen molar-refractivity contribution in [3.63, 3.8) is 0 Å². The third-order valence-corrected chi connectivity index (χ3v) is 5.21. The van der Waals surface area contributed by atoms with Gasteiger partial charge in [0.05, 0.1) is 6.04 Å². The second-order valence-corrected chi connectivity index (χ2v) is 6.51. The Balaban J connectivity index is 1.90. The zero-order chi connectivity index (χ0) is 13.7. The van der Waals surface area contributed by atoms with Crippen molar-refractivity contribution in [2.24, 2.45) is 5.92 Å². The number of hydrogen-bond donors (Lipinski definition) is 1. The van der Waals surface area contributed by atoms with Crippen molar-refractivity contribution in [3.05, 3.63) is 16.6 Å². The van der Waals surface area contributed by atoms with E-state index in [1.807, 2.05) is 6.20 Å². The molecule has 1 saturated heterocycles. The Morgan fingerprint density at radius 1 is 1.53 bits per heavy atom. The molecule has 0 saturated carbocycles. The van der Waals surface area contributed by atoms with Crippen molar-refractivity contribution in [2.45, 2.75) is 52.1 Å². The number of rotatable bonds is 6. The fourth-order valence-electron chi connectivity index (χ4n) is 3.01. The zero-order valence-corrected chi connectivity index (χ0v) is 13.2. The van der Waals surface area contributed by atoms with Crippen LogP contribution < -0.4 is 5.32 Å². The van der Waals surface area contributed by atoms with Gasteiger partial charge in [-0.3, -0.25) is 0 Å². The van der Waals surface area contributed by atoms with Gasteiger partial charge in [-0.15, -0.1) is 11.3 Å². The first-order valence-corrected chi connectivity index (χ1v) is 8.50. The number of piperidine rings is 1. The van der Waals surface area contributed by atoms with Crippen molar-refractivity contribution in [1.82, 2.24) is 15.2 Å². The number of aromatic nitrogens is 1. The summed E-state index contributed by atoms with van der Waals surface area (Å²) in [5.41, 5.74) is 0. The summed E-state index contributed by atoms with van der Waals surface area (Å²) in [7, 11) is 0. The van der Waals surface area contributed by atoms with E-state index >= 15 is 0 Å². The molecule has 1 N–H and O–H groups in total. The van der Waals surface area contributed by atoms with E-state index in [-0.39, 0.29) is 0 Å². The lowest BCUT2D eigenvalue weighted by Gasteiger charge is -2.36. The van der Waals surface area contributed by atoms with Crippen molar-refractivity contribution >= 4 is 11.3 Å². The monoisotopic (exact) mass is 281 g/mol. The summed E-state index contributed by atoms with van der Waals surface area (Å²) in [6, 6.07) is 0.996. The first-order valence-electron chi connectivity index (χ1n) is 7.62. The minimum Gasteiger partial charge on any atom is -0.305 e. The van der Waals surface area contributed by atoms with E-state index in [2.05, 4.69) is 41.4 Å². The third-order valence-electron chi connectivity index (χ3n) is 4.32. The molecule has 3 unspecified atom stereocenters. The third kappa shape index (κ3) is 4.01. The highest BCUT2D eigenvalue weighted by atomic mass is 32.1. The molecule has 19 heavy (non-hydrogen) atoms. The average molecular weight is 281 g/mol. The van der Waals surface area contributed by atoms with Crippen LogP contribution in [0.15, 0.2) is 11.6 Å². The Morgan fingerprint density at radius 3 is 3.00 bits per heavy atom. The van der Waals surface area contributed by atoms with Gasteiger partial charge >= 0.3 is 0 Å². The first kappa shape index (κ1) is 14.9. The van der Waals surface area contributed by atoms with Crippen molar-refractivity contribution < 1.29 is 0 Å². The van der Waals surface area contributed by atoms with Crippen LogP contribution in [-0.4, -0.2) is 35.6 Å². The van der Waals surface area contributed by atoms with E-state index < -0.39 is 0 Å². The lowest BCUT2D eigenvalue weighted by atomic mass is 9.91. The molecule has 1 aromatic heterocycles. The molecule has 108 valence electrons. The van der Waals surface area contributed by atoms with Crippen LogP contribution in [0, 0.1) is 5.92 Å². The van der Waals surface area contributed by atoms with Crippen LogP contribution >= 0.6 is 11.3 Å². The lowest BCUT2D eigenvalue weighted by molar-refractivity contribution is 0.152. The Labute approximate surface area is 121 Å². The minimum atomic E-state index is 0.423. The standard InChI is InChI=1S/C15H27N3S/c1-4-14(15-16-8-10-19-15)17-12(3)13-7-6-9-18(5-2)11-13/h8,10,12-14,17H,4-7,9,11H2,1-3H3. The van der Waals surface area contributed by atoms with Gasteiger partial charge in [0.2, 0.25) is 0 Å². The maximum Gasteiger partial charge on any atom is 0.109 e. The first-order chi connectivity index (χ1) is 9.24. The van der Waals surface area contributed by atoms with Gasteiger partial charge in [0, 0.05) is 24.2 Å². The van der Waals surface area contributed by atoms with Gasteiger partial charge in [0.15, 0.2) is 0 Å². The van der Waals surface area contributed by atoms with Gasteiger partial charge in [-0.25, -0.2) is 4.98 Å². The average Bonchev–Trinajstić information content (AvgIpc) is 2.98. The summed E-state index contributed by atoms with van der Waals surface area (Å²) in [6.45, 7) is 10.6. The van der Waals surface area contributed by atoms with Crippen LogP contribution in [-0.2, 0) is 0 Å². The van der Waals surface area contributed by atoms with Gasteiger partial charge < -0.3 is 10.2 Å². The number of likely N-dealkylation sites (tertiary alicyclic amines) is 1. The Hall–Kier alpha value is -0.450. The molecule has 0 bridgehead atoms. The Kier molecular flexibility index (Phi) is 5.79. The molecule has 2 rings (SSSR count). The summed E-state index contributed by atoms with van der Waals surface area (Å²) in [5.74, 6) is 0.780. The molecule has 4 heteroatoms. The van der Waals surface area contributed by atoms with E-state index in [1.165, 1.54) is 37.5 Å². The Morgan fingerprint density at radius 2 is 2.37 bits per heavy atom. The van der Waals surface area contributed by atoms with Crippen molar-refractivity contribution in [1.29, 1.82) is 0 Å². The van der Waals surface area contributed by atoms with Crippen LogP contribution in [0.25, 0.3) is 0 Å². The van der Waals surface area contributed by atoms with Crippen LogP contribution in [0.5, 0.6) is 0 Å². The maximum absolute atomic E-state index is 4.46. The molecule has 1 aromatic rings. The molecule has 3 nitrogen and oxygen atoms in total. The highest BCUT2D eigenvalue weighted by Crippen LogP contribution is 2.24. The minimum absolute atomic E-state index is 0.423. The molecule has 0 spiro atoms. The van der Waals surface area contributed by atoms with Gasteiger partial charge in [0.25, 0.3) is 0 Å². The van der Waals surface area contributed by atoms with Gasteiger partial charge in [0.1, 0.15) is 5.01 Å². The van der Waals surface area contributed by atoms with E-state index in [4.69, 9.17) is 0 Å². The number of thiazole rings is 1. The predicted molar refractivity (Wildman–Crippen MR) is 82.6 cm³/mol. The second kappa shape index (κ2) is 7.36. The number of nitrogens with one attached hydrogen (secondary N) is 1. The van der Waals surface area contributed by atoms with Crippen LogP contribution in [0.1, 0.15) is 51.1 Å². The van der Waals surface area contributed by atoms with Gasteiger partial charge in [-0.05, 0) is 45.2 Å². The van der Waals surface area contributed by atoms with E-state index in [1.54, 1.807) is 11.3 Å². The highest BCUT2D eigenvalue weighted by molar-refractivity contribution is 7.09. The molecule has 1 fully saturated rings. The summed E-state index contributed by atoms with van der Waals surface area (Å²) < 4.78 is 0. The molecule has 0 amide bonds. The largest absolute Gasteiger partial charge is 0.305 e. The fourth-order valence-corrected chi connectivity index (χ4v) is 3.79. The highest BCUT2D eigenvalue weighted by Gasteiger charge is 2.25. The summed E-state index contributed by atoms with van der Waals surface area (Å²) >= 11 is 1.77. The maximum atomic E-state index is 4.46. The van der Waals surface area contributed by atoms with E-state index in [9.17, 15) is 0 Å². The molecular weight excluding hydrogens is 254 g/mol. The zero-order valence-electron chi connectivity index (χ0n) is 12.4. The van der Waals surface area contributed by atoms with Crippen LogP contribution in [0.4, 0.5) is 0 Å². The SMILES string of the molecule is CCC(NC(C)C1CCCN(CC)C1)c1nccs1. The van der Waals surface area contributed by atoms with E-state index in [0.29, 0.717) is 12.1 Å². The van der Waals surface area contributed by atoms with Gasteiger partial charge in [-0.2, -0.15) is 0 Å². The molecule has 1 aliphatic heterocycles. The molecule has 2 heterocycles. The second-order valence-electron chi connectivity index (χ2n) is 5.58. The number of hydrogen-bond acceptors (Lipinski definition) is 4. The quantitative estimate of drug-likeness (QED) is 0.867. The molecular formula is C15H27N3S. The fraction of sp³-hybridized carbons (Fsp3) is 0.800. The Bertz CT molecular complexity index is 352. The molecule has 0 aromatic carbocycles. The molecule has 0 radical (unpaired) electrons. The van der Waals surface area contributed by atoms with Crippen LogP contribution in [0.2, 0.25) is 0 Å². The summed E-state index contributed by atoms with van der Waals surface area (Å²) in [5, 5.41) is 7.11. The van der Waals surface area contributed by atoms with Gasteiger partial charge in [-0.1, -0.05) is 13.8 Å². The summed E-state index contributed by atoms with van der Waals surface area (Å²) in [6.07, 6.45) is 5.73. The lowest BCUT2D eigenvalue weighted by Crippen LogP contribution is -2.45. The topological polar surface area (TPSA) is 28.2 Å². The predicted octanol–water partition coefficient (Wildman–Crippen LogP) is 3.30. The normalized spacial score (nSPS) is 24.3. The molecule has 1 aliphatic rings.